The van der Waals surface area contributed by atoms with Crippen LogP contribution in [0.1, 0.15) is 30.9 Å². The number of hydrogen-bond donors (Lipinski definition) is 0. The van der Waals surface area contributed by atoms with Gasteiger partial charge in [-0.15, -0.1) is 0 Å². The van der Waals surface area contributed by atoms with Gasteiger partial charge in [-0.05, 0) is 11.1 Å². The Morgan fingerprint density at radius 3 is 2.56 bits per heavy atom. The third kappa shape index (κ3) is 3.46. The Morgan fingerprint density at radius 1 is 1.25 bits per heavy atom. The van der Waals surface area contributed by atoms with Crippen LogP contribution in [0.25, 0.3) is 6.08 Å². The summed E-state index contributed by atoms with van der Waals surface area (Å²) in [5, 5.41) is 0. The van der Waals surface area contributed by atoms with Crippen LogP contribution in [-0.4, -0.2) is 11.6 Å². The Labute approximate surface area is 96.0 Å². The molecular weight excluding hydrogens is 200 g/mol. The van der Waals surface area contributed by atoms with Crippen molar-refractivity contribution < 1.29 is 9.59 Å². The molecule has 0 unspecified atom stereocenters. The monoisotopic (exact) mass is 216 g/mol. The van der Waals surface area contributed by atoms with E-state index in [1.807, 2.05) is 24.3 Å². The topological polar surface area (TPSA) is 34.1 Å². The minimum atomic E-state index is -0.0267. The van der Waals surface area contributed by atoms with Gasteiger partial charge in [0, 0.05) is 12.8 Å². The molecule has 0 heterocycles. The van der Waals surface area contributed by atoms with E-state index >= 15 is 0 Å². The van der Waals surface area contributed by atoms with E-state index < -0.39 is 0 Å². The predicted molar refractivity (Wildman–Crippen MR) is 65.2 cm³/mol. The molecule has 0 bridgehead atoms. The summed E-state index contributed by atoms with van der Waals surface area (Å²) in [6.07, 6.45) is 2.51. The number of Topliss-reactive ketones (excluding diaryl/α,β-unsaturated/α-hetero) is 2. The predicted octanol–water partition coefficient (Wildman–Crippen LogP) is 2.81. The van der Waals surface area contributed by atoms with Crippen molar-refractivity contribution in [1.29, 1.82) is 0 Å². The highest BCUT2D eigenvalue weighted by Gasteiger charge is 2.09. The highest BCUT2D eigenvalue weighted by molar-refractivity contribution is 5.99. The SMILES string of the molecule is C=Cc1ccccc1CC(=O)CC(=O)CC. The van der Waals surface area contributed by atoms with Crippen LogP contribution in [0.5, 0.6) is 0 Å². The second-order valence-corrected chi connectivity index (χ2v) is 3.69. The lowest BCUT2D eigenvalue weighted by atomic mass is 10.00. The van der Waals surface area contributed by atoms with E-state index in [0.717, 1.165) is 11.1 Å². The molecule has 0 radical (unpaired) electrons. The van der Waals surface area contributed by atoms with Crippen LogP contribution in [0.4, 0.5) is 0 Å². The molecule has 1 aromatic carbocycles. The van der Waals surface area contributed by atoms with Crippen molar-refractivity contribution in [2.45, 2.75) is 26.2 Å². The molecule has 1 rings (SSSR count). The molecular formula is C14H16O2. The summed E-state index contributed by atoms with van der Waals surface area (Å²) in [6, 6.07) is 7.60. The second-order valence-electron chi connectivity index (χ2n) is 3.69. The van der Waals surface area contributed by atoms with E-state index in [2.05, 4.69) is 6.58 Å². The normalized spacial score (nSPS) is 9.81. The smallest absolute Gasteiger partial charge is 0.144 e. The molecule has 0 aromatic heterocycles. The molecule has 0 atom stereocenters. The van der Waals surface area contributed by atoms with Crippen molar-refractivity contribution in [2.75, 3.05) is 0 Å². The summed E-state index contributed by atoms with van der Waals surface area (Å²) in [4.78, 5) is 22.7. The van der Waals surface area contributed by atoms with Gasteiger partial charge in [0.25, 0.3) is 0 Å². The maximum Gasteiger partial charge on any atom is 0.144 e. The molecule has 84 valence electrons. The molecule has 0 amide bonds. The van der Waals surface area contributed by atoms with E-state index in [4.69, 9.17) is 0 Å². The summed E-state index contributed by atoms with van der Waals surface area (Å²) in [7, 11) is 0. The average molecular weight is 216 g/mol. The standard InChI is InChI=1S/C14H16O2/c1-3-11-7-5-6-8-12(11)9-14(16)10-13(15)4-2/h3,5-8H,1,4,9-10H2,2H3. The van der Waals surface area contributed by atoms with Gasteiger partial charge in [0.05, 0.1) is 6.42 Å². The zero-order valence-corrected chi connectivity index (χ0v) is 9.53. The molecule has 2 nitrogen and oxygen atoms in total. The summed E-state index contributed by atoms with van der Waals surface area (Å²) in [5.41, 5.74) is 1.89. The molecule has 2 heteroatoms. The molecule has 16 heavy (non-hydrogen) atoms. The Kier molecular flexibility index (Phi) is 4.65. The van der Waals surface area contributed by atoms with Crippen molar-refractivity contribution in [2.24, 2.45) is 0 Å². The van der Waals surface area contributed by atoms with Crippen LogP contribution >= 0.6 is 0 Å². The minimum absolute atomic E-state index is 0.00100. The first-order valence-corrected chi connectivity index (χ1v) is 5.41. The third-order valence-electron chi connectivity index (χ3n) is 2.45. The quantitative estimate of drug-likeness (QED) is 0.685. The number of rotatable bonds is 6. The Hall–Kier alpha value is -1.70. The fourth-order valence-corrected chi connectivity index (χ4v) is 1.51. The lowest BCUT2D eigenvalue weighted by Gasteiger charge is -2.04. The second kappa shape index (κ2) is 6.01. The van der Waals surface area contributed by atoms with Crippen molar-refractivity contribution in [3.05, 3.63) is 42.0 Å². The van der Waals surface area contributed by atoms with Gasteiger partial charge in [-0.25, -0.2) is 0 Å². The van der Waals surface area contributed by atoms with Gasteiger partial charge in [-0.2, -0.15) is 0 Å². The van der Waals surface area contributed by atoms with E-state index in [-0.39, 0.29) is 18.0 Å². The Morgan fingerprint density at radius 2 is 1.94 bits per heavy atom. The molecule has 0 aliphatic rings. The van der Waals surface area contributed by atoms with Gasteiger partial charge in [0.1, 0.15) is 11.6 Å². The van der Waals surface area contributed by atoms with Crippen LogP contribution in [-0.2, 0) is 16.0 Å². The van der Waals surface area contributed by atoms with Crippen LogP contribution in [0.3, 0.4) is 0 Å². The number of ketones is 2. The molecule has 0 spiro atoms. The van der Waals surface area contributed by atoms with Crippen LogP contribution in [0.2, 0.25) is 0 Å². The van der Waals surface area contributed by atoms with Crippen molar-refractivity contribution in [3.8, 4) is 0 Å². The minimum Gasteiger partial charge on any atom is -0.299 e. The first-order valence-electron chi connectivity index (χ1n) is 5.41. The highest BCUT2D eigenvalue weighted by atomic mass is 16.1. The molecule has 0 aliphatic carbocycles. The van der Waals surface area contributed by atoms with Gasteiger partial charge < -0.3 is 0 Å². The largest absolute Gasteiger partial charge is 0.299 e. The Balaban J connectivity index is 2.69. The molecule has 0 saturated carbocycles. The fraction of sp³-hybridized carbons (Fsp3) is 0.286. The maximum atomic E-state index is 11.6. The number of hydrogen-bond acceptors (Lipinski definition) is 2. The summed E-state index contributed by atoms with van der Waals surface area (Å²) in [5.74, 6) is -0.0257. The van der Waals surface area contributed by atoms with E-state index in [1.165, 1.54) is 0 Å². The first-order chi connectivity index (χ1) is 7.67. The van der Waals surface area contributed by atoms with Gasteiger partial charge >= 0.3 is 0 Å². The zero-order chi connectivity index (χ0) is 12.0. The van der Waals surface area contributed by atoms with Crippen molar-refractivity contribution in [3.63, 3.8) is 0 Å². The van der Waals surface area contributed by atoms with Crippen LogP contribution < -0.4 is 0 Å². The molecule has 0 N–H and O–H groups in total. The van der Waals surface area contributed by atoms with Gasteiger partial charge in [0.2, 0.25) is 0 Å². The number of carbonyl (C=O) groups excluding carboxylic acids is 2. The summed E-state index contributed by atoms with van der Waals surface area (Å²) >= 11 is 0. The van der Waals surface area contributed by atoms with E-state index in [0.29, 0.717) is 12.8 Å². The Bertz CT molecular complexity index is 405. The maximum absolute atomic E-state index is 11.6. The third-order valence-corrected chi connectivity index (χ3v) is 2.45. The van der Waals surface area contributed by atoms with Gasteiger partial charge in [-0.1, -0.05) is 43.8 Å². The summed E-state index contributed by atoms with van der Waals surface area (Å²) in [6.45, 7) is 5.47. The lowest BCUT2D eigenvalue weighted by molar-refractivity contribution is -0.126. The van der Waals surface area contributed by atoms with Gasteiger partial charge in [-0.3, -0.25) is 9.59 Å². The van der Waals surface area contributed by atoms with Crippen LogP contribution in [0, 0.1) is 0 Å². The zero-order valence-electron chi connectivity index (χ0n) is 9.53. The van der Waals surface area contributed by atoms with Crippen molar-refractivity contribution in [1.82, 2.24) is 0 Å². The lowest BCUT2D eigenvalue weighted by Crippen LogP contribution is -2.09. The highest BCUT2D eigenvalue weighted by Crippen LogP contribution is 2.12. The van der Waals surface area contributed by atoms with Crippen molar-refractivity contribution >= 4 is 17.6 Å². The number of carbonyl (C=O) groups is 2. The summed E-state index contributed by atoms with van der Waals surface area (Å²) < 4.78 is 0. The molecule has 0 aliphatic heterocycles. The van der Waals surface area contributed by atoms with Crippen LogP contribution in [0.15, 0.2) is 30.8 Å². The molecule has 0 saturated heterocycles. The fourth-order valence-electron chi connectivity index (χ4n) is 1.51. The van der Waals surface area contributed by atoms with E-state index in [9.17, 15) is 9.59 Å². The number of benzene rings is 1. The van der Waals surface area contributed by atoms with E-state index in [1.54, 1.807) is 13.0 Å². The van der Waals surface area contributed by atoms with Gasteiger partial charge in [0.15, 0.2) is 0 Å². The average Bonchev–Trinajstić information content (AvgIpc) is 2.29. The molecule has 1 aromatic rings. The first kappa shape index (κ1) is 12.4. The molecule has 0 fully saturated rings.